The molecule has 2 aromatic rings. The number of hydrogen-bond acceptors (Lipinski definition) is 3. The molecule has 0 saturated carbocycles. The molecule has 0 saturated heterocycles. The lowest BCUT2D eigenvalue weighted by atomic mass is 10.2. The Morgan fingerprint density at radius 1 is 1.33 bits per heavy atom. The van der Waals surface area contributed by atoms with Crippen LogP contribution in [0, 0.1) is 6.92 Å². The van der Waals surface area contributed by atoms with Gasteiger partial charge < -0.3 is 9.67 Å². The van der Waals surface area contributed by atoms with E-state index in [4.69, 9.17) is 5.11 Å². The number of sulfonamides is 1. The minimum Gasteiger partial charge on any atom is -0.477 e. The predicted octanol–water partition coefficient (Wildman–Crippen LogP) is 2.60. The van der Waals surface area contributed by atoms with Crippen molar-refractivity contribution in [3.05, 3.63) is 46.2 Å². The number of hydrogen-bond donors (Lipinski definition) is 2. The molecular weight excluding hydrogens is 360 g/mol. The molecule has 0 aliphatic carbocycles. The van der Waals surface area contributed by atoms with E-state index >= 15 is 0 Å². The number of anilines is 1. The summed E-state index contributed by atoms with van der Waals surface area (Å²) in [6.45, 7) is 1.89. The predicted molar refractivity (Wildman–Crippen MR) is 82.1 cm³/mol. The van der Waals surface area contributed by atoms with Gasteiger partial charge in [-0.25, -0.2) is 13.2 Å². The van der Waals surface area contributed by atoms with Gasteiger partial charge in [0.1, 0.15) is 10.6 Å². The van der Waals surface area contributed by atoms with E-state index in [0.29, 0.717) is 5.69 Å². The molecule has 0 amide bonds. The summed E-state index contributed by atoms with van der Waals surface area (Å²) in [5, 5.41) is 8.96. The highest BCUT2D eigenvalue weighted by molar-refractivity contribution is 9.10. The molecule has 0 aliphatic heterocycles. The second-order valence-electron chi connectivity index (χ2n) is 4.55. The number of nitrogens with one attached hydrogen (secondary N) is 1. The lowest BCUT2D eigenvalue weighted by Crippen LogP contribution is -2.12. The van der Waals surface area contributed by atoms with Crippen molar-refractivity contribution in [3.63, 3.8) is 0 Å². The first-order chi connectivity index (χ1) is 9.70. The molecule has 21 heavy (non-hydrogen) atoms. The highest BCUT2D eigenvalue weighted by atomic mass is 79.9. The van der Waals surface area contributed by atoms with Crippen LogP contribution in [-0.2, 0) is 17.1 Å². The maximum absolute atomic E-state index is 12.3. The number of nitrogens with zero attached hydrogens (tertiary/aromatic N) is 1. The highest BCUT2D eigenvalue weighted by Gasteiger charge is 2.20. The van der Waals surface area contributed by atoms with Gasteiger partial charge in [0.05, 0.1) is 0 Å². The van der Waals surface area contributed by atoms with Crippen molar-refractivity contribution >= 4 is 37.6 Å². The Kier molecular flexibility index (Phi) is 4.11. The van der Waals surface area contributed by atoms with Crippen LogP contribution in [0.5, 0.6) is 0 Å². The van der Waals surface area contributed by atoms with Crippen molar-refractivity contribution in [1.82, 2.24) is 4.57 Å². The van der Waals surface area contributed by atoms with E-state index in [-0.39, 0.29) is 10.6 Å². The second kappa shape index (κ2) is 5.53. The van der Waals surface area contributed by atoms with Gasteiger partial charge in [0.25, 0.3) is 10.0 Å². The van der Waals surface area contributed by atoms with E-state index in [9.17, 15) is 13.2 Å². The molecule has 8 heteroatoms. The van der Waals surface area contributed by atoms with Crippen LogP contribution in [0.25, 0.3) is 0 Å². The smallest absolute Gasteiger partial charge is 0.352 e. The molecule has 1 aromatic carbocycles. The lowest BCUT2D eigenvalue weighted by Gasteiger charge is -2.07. The fourth-order valence-corrected chi connectivity index (χ4v) is 3.26. The average molecular weight is 373 g/mol. The van der Waals surface area contributed by atoms with Gasteiger partial charge in [0.2, 0.25) is 0 Å². The molecule has 6 nitrogen and oxygen atoms in total. The summed E-state index contributed by atoms with van der Waals surface area (Å²) in [6, 6.07) is 6.18. The zero-order valence-electron chi connectivity index (χ0n) is 11.3. The molecule has 0 aliphatic rings. The Bertz CT molecular complexity index is 812. The Labute approximate surface area is 130 Å². The topological polar surface area (TPSA) is 88.4 Å². The van der Waals surface area contributed by atoms with E-state index < -0.39 is 16.0 Å². The van der Waals surface area contributed by atoms with Crippen LogP contribution < -0.4 is 4.72 Å². The molecule has 1 aromatic heterocycles. The third-order valence-electron chi connectivity index (χ3n) is 2.93. The SMILES string of the molecule is Cc1ccc(NS(=O)(=O)c2cc(C(=O)O)n(C)c2)cc1Br. The second-order valence-corrected chi connectivity index (χ2v) is 7.08. The van der Waals surface area contributed by atoms with Crippen molar-refractivity contribution in [2.45, 2.75) is 11.8 Å². The lowest BCUT2D eigenvalue weighted by molar-refractivity contribution is 0.0686. The molecule has 2 rings (SSSR count). The van der Waals surface area contributed by atoms with Crippen LogP contribution in [0.15, 0.2) is 39.8 Å². The van der Waals surface area contributed by atoms with Crippen LogP contribution in [0.3, 0.4) is 0 Å². The fraction of sp³-hybridized carbons (Fsp3) is 0.154. The zero-order valence-corrected chi connectivity index (χ0v) is 13.7. The molecule has 112 valence electrons. The summed E-state index contributed by atoms with van der Waals surface area (Å²) in [7, 11) is -2.36. The third-order valence-corrected chi connectivity index (χ3v) is 5.14. The Balaban J connectivity index is 2.36. The normalized spacial score (nSPS) is 11.4. The number of benzene rings is 1. The third kappa shape index (κ3) is 3.27. The summed E-state index contributed by atoms with van der Waals surface area (Å²) in [4.78, 5) is 10.9. The summed E-state index contributed by atoms with van der Waals surface area (Å²) in [5.74, 6) is -1.18. The number of halogens is 1. The van der Waals surface area contributed by atoms with Gasteiger partial charge in [-0.1, -0.05) is 22.0 Å². The van der Waals surface area contributed by atoms with Crippen molar-refractivity contribution in [2.24, 2.45) is 7.05 Å². The largest absolute Gasteiger partial charge is 0.477 e. The summed E-state index contributed by atoms with van der Waals surface area (Å²) in [6.07, 6.45) is 1.26. The van der Waals surface area contributed by atoms with Crippen LogP contribution in [-0.4, -0.2) is 24.1 Å². The quantitative estimate of drug-likeness (QED) is 0.862. The average Bonchev–Trinajstić information content (AvgIpc) is 2.77. The number of aromatic carboxylic acids is 1. The van der Waals surface area contributed by atoms with Crippen LogP contribution >= 0.6 is 15.9 Å². The molecule has 0 atom stereocenters. The molecule has 2 N–H and O–H groups in total. The number of rotatable bonds is 4. The van der Waals surface area contributed by atoms with Crippen LogP contribution in [0.4, 0.5) is 5.69 Å². The van der Waals surface area contributed by atoms with Gasteiger partial charge >= 0.3 is 5.97 Å². The van der Waals surface area contributed by atoms with Gasteiger partial charge in [-0.2, -0.15) is 0 Å². The van der Waals surface area contributed by atoms with Gasteiger partial charge in [-0.3, -0.25) is 4.72 Å². The van der Waals surface area contributed by atoms with Crippen LogP contribution in [0.1, 0.15) is 16.1 Å². The molecule has 0 bridgehead atoms. The molecule has 0 radical (unpaired) electrons. The first-order valence-electron chi connectivity index (χ1n) is 5.89. The maximum atomic E-state index is 12.3. The van der Waals surface area contributed by atoms with Gasteiger partial charge in [0, 0.05) is 23.4 Å². The molecule has 0 unspecified atom stereocenters. The van der Waals surface area contributed by atoms with E-state index in [1.807, 2.05) is 6.92 Å². The standard InChI is InChI=1S/C13H13BrN2O4S/c1-8-3-4-9(5-11(8)14)15-21(19,20)10-6-12(13(17)18)16(2)7-10/h3-7,15H,1-2H3,(H,17,18). The van der Waals surface area contributed by atoms with Gasteiger partial charge in [-0.15, -0.1) is 0 Å². The maximum Gasteiger partial charge on any atom is 0.352 e. The van der Waals surface area contributed by atoms with Crippen molar-refractivity contribution in [3.8, 4) is 0 Å². The van der Waals surface area contributed by atoms with Crippen molar-refractivity contribution in [1.29, 1.82) is 0 Å². The Hall–Kier alpha value is -1.80. The van der Waals surface area contributed by atoms with Gasteiger partial charge in [0.15, 0.2) is 0 Å². The van der Waals surface area contributed by atoms with Crippen molar-refractivity contribution < 1.29 is 18.3 Å². The number of aromatic nitrogens is 1. The Morgan fingerprint density at radius 2 is 2.00 bits per heavy atom. The van der Waals surface area contributed by atoms with E-state index in [0.717, 1.165) is 16.1 Å². The van der Waals surface area contributed by atoms with E-state index in [1.54, 1.807) is 18.2 Å². The molecule has 1 heterocycles. The van der Waals surface area contributed by atoms with Gasteiger partial charge in [-0.05, 0) is 30.7 Å². The molecular formula is C13H13BrN2O4S. The minimum absolute atomic E-state index is 0.0968. The summed E-state index contributed by atoms with van der Waals surface area (Å²) >= 11 is 3.33. The van der Waals surface area contributed by atoms with E-state index in [1.165, 1.54) is 17.8 Å². The number of aryl methyl sites for hydroxylation is 2. The van der Waals surface area contributed by atoms with Crippen LogP contribution in [0.2, 0.25) is 0 Å². The first-order valence-corrected chi connectivity index (χ1v) is 8.17. The highest BCUT2D eigenvalue weighted by Crippen LogP contribution is 2.23. The fourth-order valence-electron chi connectivity index (χ4n) is 1.76. The number of carboxylic acid groups (broad SMARTS) is 1. The number of carbonyl (C=O) groups is 1. The molecule has 0 fully saturated rings. The summed E-state index contributed by atoms with van der Waals surface area (Å²) < 4.78 is 29.0. The monoisotopic (exact) mass is 372 g/mol. The minimum atomic E-state index is -3.83. The number of carboxylic acids is 1. The van der Waals surface area contributed by atoms with Crippen molar-refractivity contribution in [2.75, 3.05) is 4.72 Å². The zero-order chi connectivity index (χ0) is 15.8. The first kappa shape index (κ1) is 15.6. The Morgan fingerprint density at radius 3 is 2.52 bits per heavy atom. The summed E-state index contributed by atoms with van der Waals surface area (Å²) in [5.41, 5.74) is 1.28. The molecule has 0 spiro atoms. The van der Waals surface area contributed by atoms with E-state index in [2.05, 4.69) is 20.7 Å².